The number of aromatic nitrogens is 10. The highest BCUT2D eigenvalue weighted by atomic mass is 32.1. The van der Waals surface area contributed by atoms with Crippen molar-refractivity contribution in [3.05, 3.63) is 119 Å². The summed E-state index contributed by atoms with van der Waals surface area (Å²) in [5, 5.41) is 4.59. The zero-order valence-corrected chi connectivity index (χ0v) is 29.9. The smallest absolute Gasteiger partial charge is 0.172 e. The van der Waals surface area contributed by atoms with Gasteiger partial charge in [-0.3, -0.25) is 0 Å². The minimum atomic E-state index is 0.672. The first-order chi connectivity index (χ1) is 25.8. The lowest BCUT2D eigenvalue weighted by atomic mass is 10.1. The second-order valence-electron chi connectivity index (χ2n) is 12.1. The highest BCUT2D eigenvalue weighted by Gasteiger charge is 2.23. The number of para-hydroxylation sites is 2. The topological polar surface area (TPSA) is 113 Å². The number of hydrogen-bond acceptors (Lipinski definition) is 12. The molecular weight excluding hydrogens is 725 g/mol. The third kappa shape index (κ3) is 4.58. The van der Waals surface area contributed by atoms with Crippen LogP contribution in [0.4, 0.5) is 0 Å². The van der Waals surface area contributed by atoms with Crippen LogP contribution in [-0.4, -0.2) is 46.6 Å². The zero-order chi connectivity index (χ0) is 34.2. The molecule has 0 amide bonds. The Balaban J connectivity index is 1.26. The van der Waals surface area contributed by atoms with Crippen LogP contribution in [0.25, 0.3) is 101 Å². The summed E-state index contributed by atoms with van der Waals surface area (Å²) in [5.41, 5.74) is 16.9. The molecule has 0 unspecified atom stereocenters. The standard InChI is InChI=1S/C38H20N10S4/c1-3-7-30-27(5-1)28-9-10-32-33(34(28)48(30)26-15-23(37-41-19-51-45-37)12-24(16-26)38-42-20-52-46-38)29-6-2-4-8-31(29)47(32)25-13-21(35-39-17-49-43-35)11-22(14-25)36-40-18-50-44-36/h1-20H. The lowest BCUT2D eigenvalue weighted by molar-refractivity contribution is 1.17. The summed E-state index contributed by atoms with van der Waals surface area (Å²) in [5.74, 6) is 2.69. The highest BCUT2D eigenvalue weighted by molar-refractivity contribution is 7.04. The van der Waals surface area contributed by atoms with Crippen molar-refractivity contribution in [3.63, 3.8) is 0 Å². The van der Waals surface area contributed by atoms with Crippen molar-refractivity contribution in [2.45, 2.75) is 0 Å². The van der Waals surface area contributed by atoms with E-state index >= 15 is 0 Å². The van der Waals surface area contributed by atoms with E-state index in [0.29, 0.717) is 23.3 Å². The molecule has 6 heterocycles. The van der Waals surface area contributed by atoms with Crippen molar-refractivity contribution in [2.75, 3.05) is 0 Å². The van der Waals surface area contributed by atoms with E-state index in [1.54, 1.807) is 22.0 Å². The van der Waals surface area contributed by atoms with Gasteiger partial charge >= 0.3 is 0 Å². The Labute approximate surface area is 310 Å². The van der Waals surface area contributed by atoms with Gasteiger partial charge in [-0.05, 0) is 101 Å². The first-order valence-corrected chi connectivity index (χ1v) is 19.5. The summed E-state index contributed by atoms with van der Waals surface area (Å²) in [6.07, 6.45) is 0. The molecule has 10 nitrogen and oxygen atoms in total. The van der Waals surface area contributed by atoms with Crippen molar-refractivity contribution in [1.82, 2.24) is 46.6 Å². The third-order valence-corrected chi connectivity index (χ3v) is 11.2. The predicted octanol–water partition coefficient (Wildman–Crippen LogP) is 9.95. The van der Waals surface area contributed by atoms with E-state index in [1.807, 2.05) is 0 Å². The molecule has 0 fully saturated rings. The van der Waals surface area contributed by atoms with E-state index in [4.69, 9.17) is 0 Å². The molecule has 11 aromatic rings. The molecule has 0 spiro atoms. The first-order valence-electron chi connectivity index (χ1n) is 16.1. The summed E-state index contributed by atoms with van der Waals surface area (Å²) in [6, 6.07) is 34.4. The van der Waals surface area contributed by atoms with Crippen molar-refractivity contribution >= 4 is 89.7 Å². The molecule has 0 saturated heterocycles. The Morgan fingerprint density at radius 2 is 0.827 bits per heavy atom. The van der Waals surface area contributed by atoms with Gasteiger partial charge in [0.25, 0.3) is 0 Å². The van der Waals surface area contributed by atoms with Gasteiger partial charge in [0.05, 0.1) is 22.1 Å². The maximum absolute atomic E-state index is 4.60. The van der Waals surface area contributed by atoms with Gasteiger partial charge in [0, 0.05) is 55.2 Å². The first kappa shape index (κ1) is 29.6. The quantitative estimate of drug-likeness (QED) is 0.165. The summed E-state index contributed by atoms with van der Waals surface area (Å²) in [7, 11) is 0. The second-order valence-corrected chi connectivity index (χ2v) is 14.5. The van der Waals surface area contributed by atoms with Crippen LogP contribution in [0.5, 0.6) is 0 Å². The van der Waals surface area contributed by atoms with E-state index in [2.05, 4.69) is 144 Å². The SMILES string of the molecule is c1ccc2c(c1)c1c(ccc3c4ccccc4n(-c4cc(-c5ncsn5)cc(-c5ncsn5)c4)c31)n2-c1cc(-c2ncsn2)cc(-c2ncsn2)c1. The van der Waals surface area contributed by atoms with E-state index < -0.39 is 0 Å². The lowest BCUT2D eigenvalue weighted by Crippen LogP contribution is -1.98. The molecule has 6 aromatic heterocycles. The van der Waals surface area contributed by atoms with Crippen molar-refractivity contribution < 1.29 is 0 Å². The maximum atomic E-state index is 4.60. The van der Waals surface area contributed by atoms with Crippen LogP contribution in [0.3, 0.4) is 0 Å². The van der Waals surface area contributed by atoms with Crippen LogP contribution in [0.1, 0.15) is 0 Å². The van der Waals surface area contributed by atoms with E-state index in [-0.39, 0.29) is 0 Å². The molecule has 0 atom stereocenters. The Kier molecular flexibility index (Phi) is 6.70. The largest absolute Gasteiger partial charge is 0.309 e. The summed E-state index contributed by atoms with van der Waals surface area (Å²) < 4.78 is 23.1. The molecule has 0 N–H and O–H groups in total. The molecule has 0 aliphatic rings. The lowest BCUT2D eigenvalue weighted by Gasteiger charge is -2.13. The average molecular weight is 745 g/mol. The van der Waals surface area contributed by atoms with E-state index in [0.717, 1.165) is 77.2 Å². The Morgan fingerprint density at radius 3 is 1.31 bits per heavy atom. The zero-order valence-electron chi connectivity index (χ0n) is 26.7. The fraction of sp³-hybridized carbons (Fsp3) is 0. The molecule has 11 rings (SSSR count). The van der Waals surface area contributed by atoms with Crippen LogP contribution in [0.2, 0.25) is 0 Å². The summed E-state index contributed by atoms with van der Waals surface area (Å²) in [4.78, 5) is 18.3. The molecule has 52 heavy (non-hydrogen) atoms. The van der Waals surface area contributed by atoms with Gasteiger partial charge in [-0.15, -0.1) is 0 Å². The van der Waals surface area contributed by atoms with Crippen molar-refractivity contribution in [3.8, 4) is 56.9 Å². The van der Waals surface area contributed by atoms with E-state index in [1.165, 1.54) is 46.1 Å². The van der Waals surface area contributed by atoms with Crippen LogP contribution in [0, 0.1) is 0 Å². The van der Waals surface area contributed by atoms with Gasteiger partial charge in [-0.1, -0.05) is 42.5 Å². The van der Waals surface area contributed by atoms with Gasteiger partial charge in [-0.2, -0.15) is 17.5 Å². The van der Waals surface area contributed by atoms with Crippen LogP contribution in [0.15, 0.2) is 119 Å². The van der Waals surface area contributed by atoms with Gasteiger partial charge in [0.2, 0.25) is 0 Å². The monoisotopic (exact) mass is 744 g/mol. The Bertz CT molecular complexity index is 2970. The minimum Gasteiger partial charge on any atom is -0.309 e. The maximum Gasteiger partial charge on any atom is 0.172 e. The predicted molar refractivity (Wildman–Crippen MR) is 211 cm³/mol. The van der Waals surface area contributed by atoms with Gasteiger partial charge in [0.1, 0.15) is 22.0 Å². The molecule has 14 heteroatoms. The minimum absolute atomic E-state index is 0.672. The molecule has 0 saturated carbocycles. The average Bonchev–Trinajstić information content (AvgIpc) is 4.04. The normalized spacial score (nSPS) is 11.8. The molecule has 0 radical (unpaired) electrons. The second kappa shape index (κ2) is 11.7. The number of benzene rings is 5. The van der Waals surface area contributed by atoms with Crippen molar-refractivity contribution in [1.29, 1.82) is 0 Å². The number of fused-ring (bicyclic) bond motifs is 7. The number of hydrogen-bond donors (Lipinski definition) is 0. The van der Waals surface area contributed by atoms with Crippen LogP contribution >= 0.6 is 46.1 Å². The highest BCUT2D eigenvalue weighted by Crippen LogP contribution is 2.43. The summed E-state index contributed by atoms with van der Waals surface area (Å²) >= 11 is 5.34. The number of nitrogens with zero attached hydrogens (tertiary/aromatic N) is 10. The van der Waals surface area contributed by atoms with Gasteiger partial charge in [0.15, 0.2) is 23.3 Å². The molecule has 0 aliphatic heterocycles. The van der Waals surface area contributed by atoms with E-state index in [9.17, 15) is 0 Å². The van der Waals surface area contributed by atoms with Gasteiger partial charge < -0.3 is 9.13 Å². The fourth-order valence-electron chi connectivity index (χ4n) is 7.24. The summed E-state index contributed by atoms with van der Waals surface area (Å²) in [6.45, 7) is 0. The van der Waals surface area contributed by atoms with Crippen LogP contribution < -0.4 is 0 Å². The fourth-order valence-corrected chi connectivity index (χ4v) is 9.03. The molecule has 5 aromatic carbocycles. The van der Waals surface area contributed by atoms with Crippen LogP contribution in [-0.2, 0) is 0 Å². The Hall–Kier alpha value is -6.06. The van der Waals surface area contributed by atoms with Gasteiger partial charge in [-0.25, -0.2) is 19.9 Å². The molecule has 246 valence electrons. The van der Waals surface area contributed by atoms with Crippen molar-refractivity contribution in [2.24, 2.45) is 0 Å². The third-order valence-electron chi connectivity index (χ3n) is 9.30. The number of rotatable bonds is 6. The molecule has 0 aliphatic carbocycles. The Morgan fingerprint density at radius 1 is 0.385 bits per heavy atom. The molecular formula is C38H20N10S4. The molecule has 0 bridgehead atoms.